The molecule has 0 amide bonds. The number of carbonyl (C=O) groups is 1. The molecule has 4 nitrogen and oxygen atoms in total. The Bertz CT molecular complexity index is 669. The van der Waals surface area contributed by atoms with Crippen LogP contribution >= 0.6 is 0 Å². The number of aromatic carboxylic acids is 1. The number of aryl methyl sites for hydroxylation is 2. The first-order chi connectivity index (χ1) is 10.5. The van der Waals surface area contributed by atoms with Crippen LogP contribution in [0.1, 0.15) is 45.1 Å². The van der Waals surface area contributed by atoms with Crippen LogP contribution in [-0.4, -0.2) is 29.1 Å². The first kappa shape index (κ1) is 14.9. The molecule has 1 N–H and O–H groups in total. The number of hydrogen-bond donors (Lipinski definition) is 1. The van der Waals surface area contributed by atoms with Crippen LogP contribution in [-0.2, 0) is 6.54 Å². The predicted octanol–water partition coefficient (Wildman–Crippen LogP) is 3.58. The zero-order chi connectivity index (χ0) is 15.7. The molecule has 1 aliphatic heterocycles. The van der Waals surface area contributed by atoms with Gasteiger partial charge in [-0.3, -0.25) is 4.90 Å². The fourth-order valence-corrected chi connectivity index (χ4v) is 3.35. The molecule has 2 aromatic rings. The average Bonchev–Trinajstić information content (AvgIpc) is 3.07. The van der Waals surface area contributed by atoms with Crippen molar-refractivity contribution in [3.05, 3.63) is 58.5 Å². The zero-order valence-electron chi connectivity index (χ0n) is 13.0. The summed E-state index contributed by atoms with van der Waals surface area (Å²) >= 11 is 0. The minimum absolute atomic E-state index is 0.273. The first-order valence-corrected chi connectivity index (χ1v) is 7.63. The van der Waals surface area contributed by atoms with E-state index in [2.05, 4.69) is 36.9 Å². The van der Waals surface area contributed by atoms with Crippen molar-refractivity contribution in [1.29, 1.82) is 0 Å². The van der Waals surface area contributed by atoms with Gasteiger partial charge in [-0.15, -0.1) is 0 Å². The molecule has 4 heteroatoms. The number of hydrogen-bond acceptors (Lipinski definition) is 3. The Balaban J connectivity index is 1.69. The molecule has 1 saturated heterocycles. The fraction of sp³-hybridized carbons (Fsp3) is 0.389. The Morgan fingerprint density at radius 2 is 2.05 bits per heavy atom. The number of rotatable bonds is 4. The van der Waals surface area contributed by atoms with Crippen molar-refractivity contribution in [3.63, 3.8) is 0 Å². The molecule has 1 atom stereocenters. The second-order valence-electron chi connectivity index (χ2n) is 6.20. The average molecular weight is 299 g/mol. The molecule has 1 aromatic carbocycles. The highest BCUT2D eigenvalue weighted by Crippen LogP contribution is 2.30. The number of likely N-dealkylation sites (tertiary alicyclic amines) is 1. The van der Waals surface area contributed by atoms with Gasteiger partial charge in [0.15, 0.2) is 0 Å². The third-order valence-corrected chi connectivity index (χ3v) is 4.33. The smallest absolute Gasteiger partial charge is 0.339 e. The lowest BCUT2D eigenvalue weighted by Crippen LogP contribution is -2.20. The van der Waals surface area contributed by atoms with Crippen molar-refractivity contribution >= 4 is 5.97 Å². The molecule has 2 heterocycles. The Morgan fingerprint density at radius 3 is 2.73 bits per heavy atom. The van der Waals surface area contributed by atoms with E-state index in [0.29, 0.717) is 18.2 Å². The van der Waals surface area contributed by atoms with E-state index in [4.69, 9.17) is 9.52 Å². The van der Waals surface area contributed by atoms with E-state index < -0.39 is 5.97 Å². The lowest BCUT2D eigenvalue weighted by molar-refractivity contribution is 0.0693. The van der Waals surface area contributed by atoms with Crippen LogP contribution < -0.4 is 0 Å². The Morgan fingerprint density at radius 1 is 1.32 bits per heavy atom. The maximum Gasteiger partial charge on any atom is 0.339 e. The molecule has 0 saturated carbocycles. The molecule has 22 heavy (non-hydrogen) atoms. The van der Waals surface area contributed by atoms with Crippen LogP contribution in [0.15, 0.2) is 34.9 Å². The van der Waals surface area contributed by atoms with Crippen LogP contribution in [0.5, 0.6) is 0 Å². The molecule has 0 spiro atoms. The van der Waals surface area contributed by atoms with Crippen LogP contribution in [0.3, 0.4) is 0 Å². The highest BCUT2D eigenvalue weighted by molar-refractivity contribution is 5.88. The Labute approximate surface area is 130 Å². The molecule has 1 fully saturated rings. The first-order valence-electron chi connectivity index (χ1n) is 7.63. The molecule has 0 aliphatic carbocycles. The zero-order valence-corrected chi connectivity index (χ0v) is 13.0. The molecule has 3 rings (SSSR count). The van der Waals surface area contributed by atoms with Gasteiger partial charge in [-0.2, -0.15) is 0 Å². The second kappa shape index (κ2) is 5.97. The van der Waals surface area contributed by atoms with Gasteiger partial charge in [0, 0.05) is 6.54 Å². The van der Waals surface area contributed by atoms with Crippen molar-refractivity contribution in [2.24, 2.45) is 0 Å². The minimum Gasteiger partial charge on any atom is -0.478 e. The van der Waals surface area contributed by atoms with E-state index in [1.807, 2.05) is 0 Å². The molecule has 0 bridgehead atoms. The van der Waals surface area contributed by atoms with Gasteiger partial charge in [0.05, 0.1) is 12.8 Å². The standard InChI is InChI=1S/C18H21NO3/c1-12-7-13(2)9-15(8-12)14-3-5-19(10-14)11-17-16(18(20)21)4-6-22-17/h4,6-9,14H,3,5,10-11H2,1-2H3,(H,20,21). The largest absolute Gasteiger partial charge is 0.478 e. The van der Waals surface area contributed by atoms with E-state index in [1.54, 1.807) is 0 Å². The van der Waals surface area contributed by atoms with Crippen molar-refractivity contribution < 1.29 is 14.3 Å². The number of carboxylic acid groups (broad SMARTS) is 1. The minimum atomic E-state index is -0.922. The van der Waals surface area contributed by atoms with Gasteiger partial charge in [0.1, 0.15) is 11.3 Å². The summed E-state index contributed by atoms with van der Waals surface area (Å²) in [6.07, 6.45) is 2.56. The van der Waals surface area contributed by atoms with Crippen molar-refractivity contribution in [2.75, 3.05) is 13.1 Å². The summed E-state index contributed by atoms with van der Waals surface area (Å²) in [7, 11) is 0. The highest BCUT2D eigenvalue weighted by atomic mass is 16.4. The summed E-state index contributed by atoms with van der Waals surface area (Å²) < 4.78 is 5.34. The van der Waals surface area contributed by atoms with E-state index >= 15 is 0 Å². The molecule has 116 valence electrons. The van der Waals surface area contributed by atoms with Crippen LogP contribution in [0.25, 0.3) is 0 Å². The van der Waals surface area contributed by atoms with Crippen LogP contribution in [0.4, 0.5) is 0 Å². The molecular weight excluding hydrogens is 278 g/mol. The van der Waals surface area contributed by atoms with E-state index in [9.17, 15) is 4.79 Å². The molecule has 0 radical (unpaired) electrons. The summed E-state index contributed by atoms with van der Waals surface area (Å²) in [5.74, 6) is 0.143. The summed E-state index contributed by atoms with van der Waals surface area (Å²) in [6, 6.07) is 8.24. The SMILES string of the molecule is Cc1cc(C)cc(C2CCN(Cc3occc3C(=O)O)C2)c1. The third kappa shape index (κ3) is 3.07. The molecular formula is C18H21NO3. The quantitative estimate of drug-likeness (QED) is 0.937. The van der Waals surface area contributed by atoms with Gasteiger partial charge in [0.2, 0.25) is 0 Å². The summed E-state index contributed by atoms with van der Waals surface area (Å²) in [4.78, 5) is 13.4. The van der Waals surface area contributed by atoms with Gasteiger partial charge in [-0.25, -0.2) is 4.79 Å². The maximum atomic E-state index is 11.1. The third-order valence-electron chi connectivity index (χ3n) is 4.33. The van der Waals surface area contributed by atoms with E-state index in [1.165, 1.54) is 29.0 Å². The number of nitrogens with zero attached hydrogens (tertiary/aromatic N) is 1. The molecule has 1 aromatic heterocycles. The lowest BCUT2D eigenvalue weighted by atomic mass is 9.95. The molecule has 1 unspecified atom stereocenters. The molecule has 1 aliphatic rings. The maximum absolute atomic E-state index is 11.1. The van der Waals surface area contributed by atoms with Gasteiger partial charge in [0.25, 0.3) is 0 Å². The summed E-state index contributed by atoms with van der Waals surface area (Å²) in [5.41, 5.74) is 4.26. The van der Waals surface area contributed by atoms with Gasteiger partial charge >= 0.3 is 5.97 Å². The highest BCUT2D eigenvalue weighted by Gasteiger charge is 2.26. The van der Waals surface area contributed by atoms with Crippen LogP contribution in [0, 0.1) is 13.8 Å². The van der Waals surface area contributed by atoms with Crippen molar-refractivity contribution in [3.8, 4) is 0 Å². The Kier molecular flexibility index (Phi) is 4.03. The van der Waals surface area contributed by atoms with Crippen molar-refractivity contribution in [1.82, 2.24) is 4.90 Å². The predicted molar refractivity (Wildman–Crippen MR) is 84.2 cm³/mol. The van der Waals surface area contributed by atoms with E-state index in [-0.39, 0.29) is 5.56 Å². The topological polar surface area (TPSA) is 53.7 Å². The normalized spacial score (nSPS) is 18.7. The summed E-state index contributed by atoms with van der Waals surface area (Å²) in [6.45, 7) is 6.74. The summed E-state index contributed by atoms with van der Waals surface area (Å²) in [5, 5.41) is 9.14. The monoisotopic (exact) mass is 299 g/mol. The number of carboxylic acids is 1. The Hall–Kier alpha value is -2.07. The van der Waals surface area contributed by atoms with Crippen LogP contribution in [0.2, 0.25) is 0 Å². The van der Waals surface area contributed by atoms with Gasteiger partial charge in [-0.1, -0.05) is 29.3 Å². The number of furan rings is 1. The fourth-order valence-electron chi connectivity index (χ4n) is 3.35. The second-order valence-corrected chi connectivity index (χ2v) is 6.20. The van der Waals surface area contributed by atoms with Gasteiger partial charge < -0.3 is 9.52 Å². The van der Waals surface area contributed by atoms with Gasteiger partial charge in [-0.05, 0) is 44.4 Å². The van der Waals surface area contributed by atoms with Crippen molar-refractivity contribution in [2.45, 2.75) is 32.7 Å². The lowest BCUT2D eigenvalue weighted by Gasteiger charge is -2.16. The number of benzene rings is 1. The van der Waals surface area contributed by atoms with E-state index in [0.717, 1.165) is 19.5 Å².